The molecule has 0 aliphatic heterocycles. The number of nitrogens with zero attached hydrogens (tertiary/aromatic N) is 1. The summed E-state index contributed by atoms with van der Waals surface area (Å²) in [6.45, 7) is 0. The molecule has 0 bridgehead atoms. The van der Waals surface area contributed by atoms with Gasteiger partial charge in [-0.05, 0) is 44.6 Å². The highest BCUT2D eigenvalue weighted by molar-refractivity contribution is 6.42. The van der Waals surface area contributed by atoms with Crippen molar-refractivity contribution in [3.05, 3.63) is 68.7 Å². The van der Waals surface area contributed by atoms with Gasteiger partial charge in [0.15, 0.2) is 0 Å². The maximum absolute atomic E-state index is 13.2. The number of nitrogens with one attached hydrogen (secondary N) is 1. The monoisotopic (exact) mass is 424 g/mol. The Bertz CT molecular complexity index is 794. The number of hydrogen-bond donors (Lipinski definition) is 1. The standard InChI is InChI=1S/C21H23Cl3N2O/c1-26(2)21(10-6-7-11-21)19(14-8-4-3-5-9-14)25-20(27)18-16(23)12-15(22)13-17(18)24/h3-5,8-9,12-13,19H,6-7,10-11H2,1-2H3,(H,25,27). The number of amides is 1. The van der Waals surface area contributed by atoms with E-state index in [0.717, 1.165) is 31.2 Å². The molecule has 3 nitrogen and oxygen atoms in total. The second kappa shape index (κ2) is 8.40. The van der Waals surface area contributed by atoms with Crippen LogP contribution in [0, 0.1) is 0 Å². The number of carbonyl (C=O) groups is 1. The predicted molar refractivity (Wildman–Crippen MR) is 113 cm³/mol. The molecule has 0 spiro atoms. The van der Waals surface area contributed by atoms with Crippen molar-refractivity contribution in [2.24, 2.45) is 0 Å². The van der Waals surface area contributed by atoms with Gasteiger partial charge >= 0.3 is 0 Å². The molecule has 0 heterocycles. The summed E-state index contributed by atoms with van der Waals surface area (Å²) in [7, 11) is 4.16. The largest absolute Gasteiger partial charge is 0.343 e. The molecule has 1 saturated carbocycles. The molecule has 6 heteroatoms. The van der Waals surface area contributed by atoms with E-state index in [1.807, 2.05) is 18.2 Å². The lowest BCUT2D eigenvalue weighted by Crippen LogP contribution is -2.53. The van der Waals surface area contributed by atoms with Gasteiger partial charge in [-0.25, -0.2) is 0 Å². The van der Waals surface area contributed by atoms with E-state index in [-0.39, 0.29) is 33.1 Å². The van der Waals surface area contributed by atoms with Gasteiger partial charge in [0.25, 0.3) is 5.91 Å². The van der Waals surface area contributed by atoms with Crippen LogP contribution in [0.3, 0.4) is 0 Å². The van der Waals surface area contributed by atoms with Crippen molar-refractivity contribution in [1.29, 1.82) is 0 Å². The third-order valence-electron chi connectivity index (χ3n) is 5.54. The Labute approximate surface area is 175 Å². The van der Waals surface area contributed by atoms with Gasteiger partial charge in [-0.2, -0.15) is 0 Å². The first-order valence-electron chi connectivity index (χ1n) is 9.03. The Balaban J connectivity index is 2.01. The van der Waals surface area contributed by atoms with Crippen LogP contribution >= 0.6 is 34.8 Å². The molecule has 2 aromatic carbocycles. The Kier molecular flexibility index (Phi) is 6.37. The van der Waals surface area contributed by atoms with Crippen molar-refractivity contribution in [2.45, 2.75) is 37.3 Å². The first kappa shape index (κ1) is 20.5. The van der Waals surface area contributed by atoms with E-state index in [2.05, 4.69) is 36.4 Å². The van der Waals surface area contributed by atoms with Gasteiger partial charge in [0, 0.05) is 10.6 Å². The summed E-state index contributed by atoms with van der Waals surface area (Å²) in [5, 5.41) is 4.13. The third kappa shape index (κ3) is 4.12. The molecule has 1 atom stereocenters. The zero-order valence-corrected chi connectivity index (χ0v) is 17.7. The van der Waals surface area contributed by atoms with Crippen molar-refractivity contribution in [2.75, 3.05) is 14.1 Å². The minimum absolute atomic E-state index is 0.150. The molecule has 1 unspecified atom stereocenters. The van der Waals surface area contributed by atoms with Gasteiger partial charge in [-0.3, -0.25) is 4.79 Å². The maximum Gasteiger partial charge on any atom is 0.254 e. The van der Waals surface area contributed by atoms with E-state index in [4.69, 9.17) is 34.8 Å². The van der Waals surface area contributed by atoms with Crippen LogP contribution in [-0.2, 0) is 0 Å². The fourth-order valence-electron chi connectivity index (χ4n) is 4.12. The van der Waals surface area contributed by atoms with Crippen LogP contribution in [-0.4, -0.2) is 30.4 Å². The highest BCUT2D eigenvalue weighted by Crippen LogP contribution is 2.44. The van der Waals surface area contributed by atoms with Crippen LogP contribution in [0.5, 0.6) is 0 Å². The van der Waals surface area contributed by atoms with Crippen molar-refractivity contribution in [1.82, 2.24) is 10.2 Å². The quantitative estimate of drug-likeness (QED) is 0.638. The van der Waals surface area contributed by atoms with Gasteiger partial charge in [-0.15, -0.1) is 0 Å². The van der Waals surface area contributed by atoms with Gasteiger partial charge < -0.3 is 10.2 Å². The van der Waals surface area contributed by atoms with Gasteiger partial charge in [0.1, 0.15) is 0 Å². The smallest absolute Gasteiger partial charge is 0.254 e. The van der Waals surface area contributed by atoms with E-state index in [1.54, 1.807) is 12.1 Å². The highest BCUT2D eigenvalue weighted by atomic mass is 35.5. The lowest BCUT2D eigenvalue weighted by molar-refractivity contribution is 0.0766. The molecule has 1 N–H and O–H groups in total. The van der Waals surface area contributed by atoms with E-state index >= 15 is 0 Å². The first-order chi connectivity index (χ1) is 12.8. The molecule has 27 heavy (non-hydrogen) atoms. The number of rotatable bonds is 5. The number of likely N-dealkylation sites (N-methyl/N-ethyl adjacent to an activating group) is 1. The SMILES string of the molecule is CN(C)C1(C(NC(=O)c2c(Cl)cc(Cl)cc2Cl)c2ccccc2)CCCC1. The number of benzene rings is 2. The fraction of sp³-hybridized carbons (Fsp3) is 0.381. The summed E-state index contributed by atoms with van der Waals surface area (Å²) in [6.07, 6.45) is 4.31. The summed E-state index contributed by atoms with van der Waals surface area (Å²) in [5.74, 6) is -0.288. The minimum atomic E-state index is -0.288. The van der Waals surface area contributed by atoms with E-state index < -0.39 is 0 Å². The molecule has 0 saturated heterocycles. The van der Waals surface area contributed by atoms with Crippen molar-refractivity contribution < 1.29 is 4.79 Å². The van der Waals surface area contributed by atoms with Crippen molar-refractivity contribution in [3.63, 3.8) is 0 Å². The second-order valence-electron chi connectivity index (χ2n) is 7.27. The Morgan fingerprint density at radius 3 is 2.11 bits per heavy atom. The molecular weight excluding hydrogens is 403 g/mol. The molecule has 2 aromatic rings. The number of hydrogen-bond acceptors (Lipinski definition) is 2. The van der Waals surface area contributed by atoms with Gasteiger partial charge in [-0.1, -0.05) is 78.0 Å². The van der Waals surface area contributed by atoms with Crippen LogP contribution in [0.1, 0.15) is 47.6 Å². The van der Waals surface area contributed by atoms with Crippen molar-refractivity contribution in [3.8, 4) is 0 Å². The number of carbonyl (C=O) groups excluding carboxylic acids is 1. The minimum Gasteiger partial charge on any atom is -0.343 e. The van der Waals surface area contributed by atoms with Crippen LogP contribution in [0.2, 0.25) is 15.1 Å². The fourth-order valence-corrected chi connectivity index (χ4v) is 5.11. The summed E-state index contributed by atoms with van der Waals surface area (Å²) < 4.78 is 0. The lowest BCUT2D eigenvalue weighted by atomic mass is 9.82. The Morgan fingerprint density at radius 2 is 1.59 bits per heavy atom. The summed E-state index contributed by atoms with van der Waals surface area (Å²) in [5.41, 5.74) is 1.18. The van der Waals surface area contributed by atoms with Crippen molar-refractivity contribution >= 4 is 40.7 Å². The molecule has 0 aromatic heterocycles. The summed E-state index contributed by atoms with van der Waals surface area (Å²) in [6, 6.07) is 13.0. The summed E-state index contributed by atoms with van der Waals surface area (Å²) in [4.78, 5) is 15.4. The summed E-state index contributed by atoms with van der Waals surface area (Å²) >= 11 is 18.5. The lowest BCUT2D eigenvalue weighted by Gasteiger charge is -2.44. The topological polar surface area (TPSA) is 32.3 Å². The average molecular weight is 426 g/mol. The molecule has 1 aliphatic rings. The first-order valence-corrected chi connectivity index (χ1v) is 10.2. The van der Waals surface area contributed by atoms with Crippen LogP contribution in [0.15, 0.2) is 42.5 Å². The zero-order chi connectivity index (χ0) is 19.6. The Morgan fingerprint density at radius 1 is 1.04 bits per heavy atom. The molecular formula is C21H23Cl3N2O. The number of halogens is 3. The van der Waals surface area contributed by atoms with Crippen LogP contribution in [0.25, 0.3) is 0 Å². The van der Waals surface area contributed by atoms with E-state index in [1.165, 1.54) is 0 Å². The maximum atomic E-state index is 13.2. The zero-order valence-electron chi connectivity index (χ0n) is 15.4. The molecule has 144 valence electrons. The molecule has 1 aliphatic carbocycles. The molecule has 1 fully saturated rings. The Hall–Kier alpha value is -1.26. The molecule has 0 radical (unpaired) electrons. The predicted octanol–water partition coefficient (Wildman–Crippen LogP) is 5.99. The average Bonchev–Trinajstić information content (AvgIpc) is 3.10. The second-order valence-corrected chi connectivity index (χ2v) is 8.52. The molecule has 3 rings (SSSR count). The van der Waals surface area contributed by atoms with E-state index in [0.29, 0.717) is 5.02 Å². The van der Waals surface area contributed by atoms with Gasteiger partial charge in [0.2, 0.25) is 0 Å². The van der Waals surface area contributed by atoms with Crippen LogP contribution < -0.4 is 5.32 Å². The highest BCUT2D eigenvalue weighted by Gasteiger charge is 2.45. The third-order valence-corrected chi connectivity index (χ3v) is 6.35. The molecule has 1 amide bonds. The normalized spacial score (nSPS) is 17.1. The van der Waals surface area contributed by atoms with E-state index in [9.17, 15) is 4.79 Å². The van der Waals surface area contributed by atoms with Gasteiger partial charge in [0.05, 0.1) is 21.7 Å². The van der Waals surface area contributed by atoms with Crippen LogP contribution in [0.4, 0.5) is 0 Å².